The van der Waals surface area contributed by atoms with E-state index in [1.54, 1.807) is 0 Å². The predicted molar refractivity (Wildman–Crippen MR) is 62.8 cm³/mol. The number of nitrogens with two attached hydrogens (primary N) is 1. The number of Topliss-reactive ketones (excluding diaryl/α,β-unsaturated/α-hetero) is 1. The maximum Gasteiger partial charge on any atom is 0.165 e. The lowest BCUT2D eigenvalue weighted by molar-refractivity contribution is 0.0969. The smallest absolute Gasteiger partial charge is 0.165 e. The van der Waals surface area contributed by atoms with Crippen molar-refractivity contribution in [3.05, 3.63) is 35.4 Å². The molecule has 0 aliphatic carbocycles. The summed E-state index contributed by atoms with van der Waals surface area (Å²) in [5, 5.41) is 0. The van der Waals surface area contributed by atoms with Crippen molar-refractivity contribution in [3.63, 3.8) is 0 Å². The molecule has 0 bridgehead atoms. The molecule has 0 heterocycles. The number of carbonyl (C=O) groups excluding carboxylic acids is 1. The molecule has 0 amide bonds. The first-order valence-corrected chi connectivity index (χ1v) is 5.73. The van der Waals surface area contributed by atoms with Crippen molar-refractivity contribution >= 4 is 5.78 Å². The van der Waals surface area contributed by atoms with Gasteiger partial charge in [0.2, 0.25) is 0 Å². The van der Waals surface area contributed by atoms with E-state index in [0.29, 0.717) is 18.9 Å². The van der Waals surface area contributed by atoms with Crippen molar-refractivity contribution < 1.29 is 13.6 Å². The lowest BCUT2D eigenvalue weighted by Crippen LogP contribution is -2.09. The van der Waals surface area contributed by atoms with Crippen molar-refractivity contribution in [2.24, 2.45) is 11.7 Å². The van der Waals surface area contributed by atoms with Crippen LogP contribution in [0, 0.1) is 17.6 Å². The van der Waals surface area contributed by atoms with E-state index >= 15 is 0 Å². The Balaban J connectivity index is 2.61. The molecule has 2 nitrogen and oxygen atoms in total. The number of rotatable bonds is 6. The highest BCUT2D eigenvalue weighted by Crippen LogP contribution is 2.16. The summed E-state index contributed by atoms with van der Waals surface area (Å²) in [7, 11) is 0. The van der Waals surface area contributed by atoms with Gasteiger partial charge in [-0.1, -0.05) is 6.92 Å². The zero-order chi connectivity index (χ0) is 12.8. The highest BCUT2D eigenvalue weighted by atomic mass is 19.1. The Morgan fingerprint density at radius 3 is 2.71 bits per heavy atom. The second-order valence-electron chi connectivity index (χ2n) is 4.27. The zero-order valence-corrected chi connectivity index (χ0v) is 9.88. The van der Waals surface area contributed by atoms with E-state index in [0.717, 1.165) is 24.6 Å². The first kappa shape index (κ1) is 13.8. The molecule has 0 saturated carbocycles. The summed E-state index contributed by atoms with van der Waals surface area (Å²) < 4.78 is 26.2. The summed E-state index contributed by atoms with van der Waals surface area (Å²) in [6.07, 6.45) is 1.70. The molecule has 1 rings (SSSR count). The SMILES string of the molecule is CC(CCN)CCC(=O)c1cc(F)ccc1F. The van der Waals surface area contributed by atoms with Gasteiger partial charge >= 0.3 is 0 Å². The first-order chi connectivity index (χ1) is 8.04. The Morgan fingerprint density at radius 2 is 2.06 bits per heavy atom. The van der Waals surface area contributed by atoms with Gasteiger partial charge in [0.25, 0.3) is 0 Å². The fraction of sp³-hybridized carbons (Fsp3) is 0.462. The van der Waals surface area contributed by atoms with Crippen LogP contribution in [0.5, 0.6) is 0 Å². The largest absolute Gasteiger partial charge is 0.330 e. The number of hydrogen-bond acceptors (Lipinski definition) is 2. The van der Waals surface area contributed by atoms with Crippen molar-refractivity contribution in [2.45, 2.75) is 26.2 Å². The average molecular weight is 241 g/mol. The summed E-state index contributed by atoms with van der Waals surface area (Å²) in [4.78, 5) is 11.7. The fourth-order valence-corrected chi connectivity index (χ4v) is 1.65. The van der Waals surface area contributed by atoms with Crippen LogP contribution in [0.25, 0.3) is 0 Å². The van der Waals surface area contributed by atoms with Crippen molar-refractivity contribution in [3.8, 4) is 0 Å². The van der Waals surface area contributed by atoms with E-state index in [1.165, 1.54) is 0 Å². The topological polar surface area (TPSA) is 43.1 Å². The molecule has 0 fully saturated rings. The monoisotopic (exact) mass is 241 g/mol. The van der Waals surface area contributed by atoms with Gasteiger partial charge in [0.1, 0.15) is 11.6 Å². The van der Waals surface area contributed by atoms with Crippen molar-refractivity contribution in [1.82, 2.24) is 0 Å². The predicted octanol–water partition coefficient (Wildman–Crippen LogP) is 2.91. The Morgan fingerprint density at radius 1 is 1.35 bits per heavy atom. The first-order valence-electron chi connectivity index (χ1n) is 5.73. The molecule has 0 saturated heterocycles. The van der Waals surface area contributed by atoms with Gasteiger partial charge in [-0.2, -0.15) is 0 Å². The molecule has 0 radical (unpaired) electrons. The molecule has 0 aliphatic rings. The molecule has 17 heavy (non-hydrogen) atoms. The van der Waals surface area contributed by atoms with Crippen LogP contribution in [0.4, 0.5) is 8.78 Å². The summed E-state index contributed by atoms with van der Waals surface area (Å²) in [5.74, 6) is -1.29. The Labute approximate surface area is 99.8 Å². The molecule has 1 aromatic rings. The van der Waals surface area contributed by atoms with Gasteiger partial charge in [-0.25, -0.2) is 8.78 Å². The Hall–Kier alpha value is -1.29. The van der Waals surface area contributed by atoms with Crippen LogP contribution < -0.4 is 5.73 Å². The summed E-state index contributed by atoms with van der Waals surface area (Å²) >= 11 is 0. The molecule has 1 unspecified atom stereocenters. The second kappa shape index (κ2) is 6.45. The molecule has 0 aromatic heterocycles. The van der Waals surface area contributed by atoms with Gasteiger partial charge in [0, 0.05) is 6.42 Å². The number of halogens is 2. The second-order valence-corrected chi connectivity index (χ2v) is 4.27. The highest BCUT2D eigenvalue weighted by molar-refractivity contribution is 5.96. The van der Waals surface area contributed by atoms with E-state index in [9.17, 15) is 13.6 Å². The Bertz CT molecular complexity index is 393. The fourth-order valence-electron chi connectivity index (χ4n) is 1.65. The minimum atomic E-state index is -0.664. The van der Waals surface area contributed by atoms with Crippen LogP contribution >= 0.6 is 0 Å². The minimum Gasteiger partial charge on any atom is -0.330 e. The summed E-state index contributed by atoms with van der Waals surface area (Å²) in [6.45, 7) is 2.56. The molecule has 1 aromatic carbocycles. The number of hydrogen-bond donors (Lipinski definition) is 1. The molecular formula is C13H17F2NO. The normalized spacial score (nSPS) is 12.5. The number of benzene rings is 1. The van der Waals surface area contributed by atoms with Gasteiger partial charge in [-0.05, 0) is 43.5 Å². The number of carbonyl (C=O) groups is 1. The van der Waals surface area contributed by atoms with E-state index in [2.05, 4.69) is 0 Å². The lowest BCUT2D eigenvalue weighted by atomic mass is 9.97. The van der Waals surface area contributed by atoms with E-state index in [-0.39, 0.29) is 17.8 Å². The number of ketones is 1. The van der Waals surface area contributed by atoms with Gasteiger partial charge in [-0.15, -0.1) is 0 Å². The van der Waals surface area contributed by atoms with Crippen molar-refractivity contribution in [1.29, 1.82) is 0 Å². The van der Waals surface area contributed by atoms with Crippen LogP contribution in [0.2, 0.25) is 0 Å². The van der Waals surface area contributed by atoms with Crippen LogP contribution in [0.15, 0.2) is 18.2 Å². The zero-order valence-electron chi connectivity index (χ0n) is 9.88. The van der Waals surface area contributed by atoms with Gasteiger partial charge in [0.15, 0.2) is 5.78 Å². The van der Waals surface area contributed by atoms with Crippen LogP contribution in [0.3, 0.4) is 0 Å². The van der Waals surface area contributed by atoms with Gasteiger partial charge in [-0.3, -0.25) is 4.79 Å². The van der Waals surface area contributed by atoms with E-state index < -0.39 is 11.6 Å². The molecular weight excluding hydrogens is 224 g/mol. The lowest BCUT2D eigenvalue weighted by Gasteiger charge is -2.09. The molecule has 94 valence electrons. The van der Waals surface area contributed by atoms with Crippen LogP contribution in [-0.2, 0) is 0 Å². The van der Waals surface area contributed by atoms with E-state index in [1.807, 2.05) is 6.92 Å². The molecule has 1 atom stereocenters. The van der Waals surface area contributed by atoms with Gasteiger partial charge < -0.3 is 5.73 Å². The van der Waals surface area contributed by atoms with Crippen LogP contribution in [0.1, 0.15) is 36.5 Å². The third kappa shape index (κ3) is 4.23. The standard InChI is InChI=1S/C13H17F2NO/c1-9(6-7-16)2-5-13(17)11-8-10(14)3-4-12(11)15/h3-4,8-9H,2,5-7,16H2,1H3. The van der Waals surface area contributed by atoms with Crippen molar-refractivity contribution in [2.75, 3.05) is 6.54 Å². The minimum absolute atomic E-state index is 0.162. The maximum absolute atomic E-state index is 13.3. The molecule has 0 spiro atoms. The van der Waals surface area contributed by atoms with E-state index in [4.69, 9.17) is 5.73 Å². The van der Waals surface area contributed by atoms with Crippen LogP contribution in [-0.4, -0.2) is 12.3 Å². The molecule has 0 aliphatic heterocycles. The summed E-state index contributed by atoms with van der Waals surface area (Å²) in [5.41, 5.74) is 5.23. The molecule has 2 N–H and O–H groups in total. The average Bonchev–Trinajstić information content (AvgIpc) is 2.29. The highest BCUT2D eigenvalue weighted by Gasteiger charge is 2.13. The Kier molecular flexibility index (Phi) is 5.22. The molecule has 4 heteroatoms. The van der Waals surface area contributed by atoms with Gasteiger partial charge in [0.05, 0.1) is 5.56 Å². The maximum atomic E-state index is 13.3. The quantitative estimate of drug-likeness (QED) is 0.778. The third-order valence-corrected chi connectivity index (χ3v) is 2.75. The third-order valence-electron chi connectivity index (χ3n) is 2.75. The summed E-state index contributed by atoms with van der Waals surface area (Å²) in [6, 6.07) is 2.93.